The second kappa shape index (κ2) is 12.9. The highest BCUT2D eigenvalue weighted by Crippen LogP contribution is 2.37. The highest BCUT2D eigenvalue weighted by atomic mass is 16.5. The summed E-state index contributed by atoms with van der Waals surface area (Å²) in [5, 5.41) is 20.2. The summed E-state index contributed by atoms with van der Waals surface area (Å²) in [6.07, 6.45) is 1.88. The fourth-order valence-electron chi connectivity index (χ4n) is 5.01. The van der Waals surface area contributed by atoms with Crippen molar-refractivity contribution in [3.63, 3.8) is 0 Å². The third-order valence-electron chi connectivity index (χ3n) is 7.00. The predicted molar refractivity (Wildman–Crippen MR) is 157 cm³/mol. The first-order chi connectivity index (χ1) is 20.7. The van der Waals surface area contributed by atoms with Crippen molar-refractivity contribution in [2.75, 3.05) is 33.0 Å². The highest BCUT2D eigenvalue weighted by Gasteiger charge is 2.31. The van der Waals surface area contributed by atoms with Crippen LogP contribution in [0.25, 0.3) is 10.9 Å². The molecule has 3 aromatic carbocycles. The van der Waals surface area contributed by atoms with Crippen LogP contribution in [0.3, 0.4) is 0 Å². The van der Waals surface area contributed by atoms with Crippen LogP contribution in [0.1, 0.15) is 27.2 Å². The van der Waals surface area contributed by atoms with Crippen LogP contribution in [0.5, 0.6) is 5.88 Å². The van der Waals surface area contributed by atoms with Crippen molar-refractivity contribution in [3.8, 4) is 5.88 Å². The minimum absolute atomic E-state index is 0.00760. The standard InChI is InChI=1S/C32H31N5O5/c38-31-25-10-4-6-12-27(25)33-30(31)29-26-11-5-7-13-28(26)37(32(29)39)14-15-40-16-17-41-18-19-42-22-24-21-36(35-34-24)20-23-8-2-1-3-9-23/h1-13,21,39H,14-20,22H2. The van der Waals surface area contributed by atoms with Gasteiger partial charge in [0.05, 0.1) is 69.2 Å². The molecule has 6 rings (SSSR count). The van der Waals surface area contributed by atoms with E-state index in [0.717, 1.165) is 22.2 Å². The zero-order chi connectivity index (χ0) is 28.7. The van der Waals surface area contributed by atoms with Crippen LogP contribution in [0.2, 0.25) is 0 Å². The maximum Gasteiger partial charge on any atom is 0.214 e. The third kappa shape index (κ3) is 6.01. The summed E-state index contributed by atoms with van der Waals surface area (Å²) < 4.78 is 20.6. The van der Waals surface area contributed by atoms with Crippen LogP contribution in [0.4, 0.5) is 5.69 Å². The first kappa shape index (κ1) is 27.5. The monoisotopic (exact) mass is 565 g/mol. The van der Waals surface area contributed by atoms with Gasteiger partial charge in [-0.1, -0.05) is 65.9 Å². The van der Waals surface area contributed by atoms with Crippen LogP contribution in [-0.2, 0) is 33.9 Å². The van der Waals surface area contributed by atoms with E-state index in [1.165, 1.54) is 0 Å². The molecular weight excluding hydrogens is 534 g/mol. The molecule has 214 valence electrons. The van der Waals surface area contributed by atoms with E-state index < -0.39 is 0 Å². The Morgan fingerprint density at radius 1 is 0.786 bits per heavy atom. The Kier molecular flexibility index (Phi) is 8.46. The van der Waals surface area contributed by atoms with Crippen molar-refractivity contribution in [1.29, 1.82) is 0 Å². The lowest BCUT2D eigenvalue weighted by Gasteiger charge is -2.09. The van der Waals surface area contributed by atoms with Crippen molar-refractivity contribution >= 4 is 28.1 Å². The Labute approximate surface area is 242 Å². The first-order valence-electron chi connectivity index (χ1n) is 13.9. The minimum atomic E-state index is -0.185. The molecule has 10 nitrogen and oxygen atoms in total. The molecule has 0 atom stereocenters. The van der Waals surface area contributed by atoms with Crippen molar-refractivity contribution in [1.82, 2.24) is 19.6 Å². The second-order valence-electron chi connectivity index (χ2n) is 9.84. The topological polar surface area (TPSA) is 113 Å². The molecule has 1 aliphatic rings. The number of benzene rings is 3. The molecule has 0 fully saturated rings. The average Bonchev–Trinajstić information content (AvgIpc) is 3.68. The fourth-order valence-corrected chi connectivity index (χ4v) is 5.01. The van der Waals surface area contributed by atoms with Crippen molar-refractivity contribution in [3.05, 3.63) is 107 Å². The number of aliphatic imine (C=N–C) groups is 1. The van der Waals surface area contributed by atoms with Crippen LogP contribution in [-0.4, -0.2) is 69.2 Å². The number of Topliss-reactive ketones (excluding diaryl/α,β-unsaturated/α-hetero) is 1. The van der Waals surface area contributed by atoms with Gasteiger partial charge in [-0.05, 0) is 23.8 Å². The molecule has 1 aliphatic heterocycles. The number of aromatic hydroxyl groups is 1. The normalized spacial score (nSPS) is 12.7. The fraction of sp³-hybridized carbons (Fsp3) is 0.250. The minimum Gasteiger partial charge on any atom is -0.494 e. The molecule has 0 saturated carbocycles. The molecule has 0 unspecified atom stereocenters. The van der Waals surface area contributed by atoms with E-state index >= 15 is 0 Å². The van der Waals surface area contributed by atoms with Gasteiger partial charge in [0.25, 0.3) is 0 Å². The Bertz CT molecular complexity index is 1710. The Hall–Kier alpha value is -4.64. The molecule has 2 aromatic heterocycles. The Morgan fingerprint density at radius 2 is 1.50 bits per heavy atom. The Morgan fingerprint density at radius 3 is 2.33 bits per heavy atom. The molecule has 0 saturated heterocycles. The molecule has 10 heteroatoms. The smallest absolute Gasteiger partial charge is 0.214 e. The Balaban J connectivity index is 0.924. The first-order valence-corrected chi connectivity index (χ1v) is 13.9. The van der Waals surface area contributed by atoms with Gasteiger partial charge in [-0.15, -0.1) is 5.10 Å². The molecule has 3 heterocycles. The van der Waals surface area contributed by atoms with E-state index in [2.05, 4.69) is 27.4 Å². The van der Waals surface area contributed by atoms with E-state index in [1.54, 1.807) is 21.4 Å². The zero-order valence-electron chi connectivity index (χ0n) is 23.1. The van der Waals surface area contributed by atoms with Gasteiger partial charge in [-0.2, -0.15) is 0 Å². The number of rotatable bonds is 14. The van der Waals surface area contributed by atoms with Crippen LogP contribution < -0.4 is 0 Å². The molecule has 0 amide bonds. The number of nitrogens with zero attached hydrogens (tertiary/aromatic N) is 5. The summed E-state index contributed by atoms with van der Waals surface area (Å²) in [6.45, 7) is 3.51. The van der Waals surface area contributed by atoms with Gasteiger partial charge in [-0.3, -0.25) is 4.79 Å². The summed E-state index contributed by atoms with van der Waals surface area (Å²) in [4.78, 5) is 17.6. The third-order valence-corrected chi connectivity index (χ3v) is 7.00. The van der Waals surface area contributed by atoms with Crippen LogP contribution in [0.15, 0.2) is 90.1 Å². The summed E-state index contributed by atoms with van der Waals surface area (Å²) in [5.41, 5.74) is 4.63. The van der Waals surface area contributed by atoms with Gasteiger partial charge >= 0.3 is 0 Å². The van der Waals surface area contributed by atoms with Gasteiger partial charge in [-0.25, -0.2) is 9.67 Å². The largest absolute Gasteiger partial charge is 0.494 e. The summed E-state index contributed by atoms with van der Waals surface area (Å²) >= 11 is 0. The molecule has 0 radical (unpaired) electrons. The number of carbonyl (C=O) groups is 1. The van der Waals surface area contributed by atoms with Crippen molar-refractivity contribution in [2.45, 2.75) is 19.7 Å². The van der Waals surface area contributed by atoms with Gasteiger partial charge in [0.1, 0.15) is 11.4 Å². The molecule has 5 aromatic rings. The van der Waals surface area contributed by atoms with Crippen LogP contribution in [0, 0.1) is 0 Å². The summed E-state index contributed by atoms with van der Waals surface area (Å²) in [7, 11) is 0. The van der Waals surface area contributed by atoms with Crippen molar-refractivity contribution in [2.24, 2.45) is 4.99 Å². The van der Waals surface area contributed by atoms with Gasteiger partial charge in [0.15, 0.2) is 0 Å². The molecule has 0 bridgehead atoms. The summed E-state index contributed by atoms with van der Waals surface area (Å²) in [6, 6.07) is 24.9. The van der Waals surface area contributed by atoms with E-state index in [-0.39, 0.29) is 17.4 Å². The molecular formula is C32H31N5O5. The molecule has 1 N–H and O–H groups in total. The number of ketones is 1. The quantitative estimate of drug-likeness (QED) is 0.197. The average molecular weight is 566 g/mol. The predicted octanol–water partition coefficient (Wildman–Crippen LogP) is 4.55. The van der Waals surface area contributed by atoms with E-state index in [4.69, 9.17) is 14.2 Å². The maximum atomic E-state index is 13.1. The van der Waals surface area contributed by atoms with Crippen molar-refractivity contribution < 1.29 is 24.1 Å². The van der Waals surface area contributed by atoms with Gasteiger partial charge in [0, 0.05) is 17.5 Å². The number of para-hydroxylation sites is 2. The molecule has 0 spiro atoms. The lowest BCUT2D eigenvalue weighted by atomic mass is 10.0. The number of carbonyl (C=O) groups excluding carboxylic acids is 1. The molecule has 0 aliphatic carbocycles. The van der Waals surface area contributed by atoms with Gasteiger partial charge in [0.2, 0.25) is 11.7 Å². The number of hydrogen-bond acceptors (Lipinski definition) is 8. The number of aromatic nitrogens is 4. The zero-order valence-corrected chi connectivity index (χ0v) is 23.1. The second-order valence-corrected chi connectivity index (χ2v) is 9.84. The number of ether oxygens (including phenoxy) is 3. The molecule has 42 heavy (non-hydrogen) atoms. The van der Waals surface area contributed by atoms with E-state index in [0.29, 0.717) is 69.5 Å². The van der Waals surface area contributed by atoms with E-state index in [9.17, 15) is 9.90 Å². The number of fused-ring (bicyclic) bond motifs is 2. The van der Waals surface area contributed by atoms with E-state index in [1.807, 2.05) is 60.8 Å². The SMILES string of the molecule is O=C1C(c2c(O)n(CCOCCOCCOCc3cn(Cc4ccccc4)nn3)c3ccccc23)=Nc2ccccc21. The number of hydrogen-bond donors (Lipinski definition) is 1. The highest BCUT2D eigenvalue weighted by molar-refractivity contribution is 6.56. The van der Waals surface area contributed by atoms with Crippen LogP contribution >= 0.6 is 0 Å². The maximum absolute atomic E-state index is 13.1. The summed E-state index contributed by atoms with van der Waals surface area (Å²) in [5.74, 6) is -0.177. The lowest BCUT2D eigenvalue weighted by molar-refractivity contribution is 0.00878. The van der Waals surface area contributed by atoms with Gasteiger partial charge < -0.3 is 23.9 Å². The lowest BCUT2D eigenvalue weighted by Crippen LogP contribution is -2.13.